The number of rotatable bonds is 12. The standard InChI is InChI=1S/C11H23NO8Si/c1-10(2)11(13)12(3)8-7-9-17-21(18-14-4,19-15-5)20-16-6/h1,7-9H2,2-6H3. The summed E-state index contributed by atoms with van der Waals surface area (Å²) in [5.41, 5.74) is 0.468. The lowest BCUT2D eigenvalue weighted by molar-refractivity contribution is -0.370. The van der Waals surface area contributed by atoms with E-state index in [1.165, 1.54) is 26.2 Å². The number of nitrogens with zero attached hydrogens (tertiary/aromatic N) is 1. The van der Waals surface area contributed by atoms with Gasteiger partial charge in [0, 0.05) is 25.8 Å². The Balaban J connectivity index is 4.30. The molecular formula is C11H23NO8Si. The lowest BCUT2D eigenvalue weighted by Crippen LogP contribution is -2.49. The molecule has 0 aromatic carbocycles. The molecule has 0 rings (SSSR count). The summed E-state index contributed by atoms with van der Waals surface area (Å²) in [6, 6.07) is 0. The summed E-state index contributed by atoms with van der Waals surface area (Å²) in [7, 11) is 1.77. The van der Waals surface area contributed by atoms with Gasteiger partial charge >= 0.3 is 9.05 Å². The predicted octanol–water partition coefficient (Wildman–Crippen LogP) is 0.597. The van der Waals surface area contributed by atoms with Crippen LogP contribution in [0.4, 0.5) is 0 Å². The first-order chi connectivity index (χ1) is 9.92. The van der Waals surface area contributed by atoms with Crippen molar-refractivity contribution in [3.05, 3.63) is 12.2 Å². The molecule has 0 aliphatic heterocycles. The maximum atomic E-state index is 11.6. The molecule has 1 amide bonds. The minimum atomic E-state index is -3.70. The molecule has 0 heterocycles. The summed E-state index contributed by atoms with van der Waals surface area (Å²) in [6.07, 6.45) is 0.511. The van der Waals surface area contributed by atoms with Crippen LogP contribution in [0.1, 0.15) is 13.3 Å². The maximum Gasteiger partial charge on any atom is 0.764 e. The average molecular weight is 325 g/mol. The molecular weight excluding hydrogens is 302 g/mol. The molecule has 0 N–H and O–H groups in total. The van der Waals surface area contributed by atoms with E-state index in [9.17, 15) is 4.79 Å². The Hall–Kier alpha value is -0.853. The Bertz CT molecular complexity index is 310. The van der Waals surface area contributed by atoms with Crippen molar-refractivity contribution in [2.24, 2.45) is 0 Å². The summed E-state index contributed by atoms with van der Waals surface area (Å²) in [5.74, 6) is -0.132. The highest BCUT2D eigenvalue weighted by Gasteiger charge is 2.51. The lowest BCUT2D eigenvalue weighted by atomic mass is 10.3. The van der Waals surface area contributed by atoms with E-state index in [0.29, 0.717) is 18.5 Å². The van der Waals surface area contributed by atoms with Crippen LogP contribution in [0.3, 0.4) is 0 Å². The van der Waals surface area contributed by atoms with Gasteiger partial charge in [0.15, 0.2) is 0 Å². The van der Waals surface area contributed by atoms with E-state index in [1.807, 2.05) is 0 Å². The largest absolute Gasteiger partial charge is 0.764 e. The van der Waals surface area contributed by atoms with E-state index in [-0.39, 0.29) is 12.5 Å². The number of carbonyl (C=O) groups excluding carboxylic acids is 1. The third-order valence-electron chi connectivity index (χ3n) is 2.18. The predicted molar refractivity (Wildman–Crippen MR) is 73.1 cm³/mol. The zero-order chi connectivity index (χ0) is 16.3. The molecule has 0 aliphatic rings. The highest BCUT2D eigenvalue weighted by atomic mass is 28.4. The number of hydrogen-bond acceptors (Lipinski definition) is 8. The molecule has 0 fully saturated rings. The molecule has 0 radical (unpaired) electrons. The molecule has 0 atom stereocenters. The van der Waals surface area contributed by atoms with Gasteiger partial charge in [0.1, 0.15) is 0 Å². The second-order valence-electron chi connectivity index (χ2n) is 3.96. The second kappa shape index (κ2) is 10.8. The van der Waals surface area contributed by atoms with Crippen LogP contribution in [-0.2, 0) is 37.6 Å². The molecule has 0 aliphatic carbocycles. The third-order valence-corrected chi connectivity index (χ3v) is 3.85. The molecule has 0 aromatic heterocycles. The molecule has 0 aromatic rings. The van der Waals surface area contributed by atoms with Crippen molar-refractivity contribution in [1.82, 2.24) is 4.90 Å². The van der Waals surface area contributed by atoms with Crippen molar-refractivity contribution in [2.75, 3.05) is 41.5 Å². The van der Waals surface area contributed by atoms with Gasteiger partial charge in [-0.05, 0) is 13.3 Å². The third kappa shape index (κ3) is 7.64. The smallest absolute Gasteiger partial charge is 0.347 e. The summed E-state index contributed by atoms with van der Waals surface area (Å²) in [4.78, 5) is 26.7. The molecule has 0 spiro atoms. The zero-order valence-corrected chi connectivity index (χ0v) is 14.0. The van der Waals surface area contributed by atoms with Gasteiger partial charge in [-0.1, -0.05) is 6.58 Å². The molecule has 21 heavy (non-hydrogen) atoms. The van der Waals surface area contributed by atoms with Crippen LogP contribution in [-0.4, -0.2) is 61.4 Å². The number of amides is 1. The maximum absolute atomic E-state index is 11.6. The fourth-order valence-corrected chi connectivity index (χ4v) is 2.58. The van der Waals surface area contributed by atoms with Crippen molar-refractivity contribution >= 4 is 15.0 Å². The molecule has 0 saturated heterocycles. The number of likely N-dealkylation sites (N-methyl/N-ethyl adjacent to an activating group) is 1. The van der Waals surface area contributed by atoms with Gasteiger partial charge in [-0.25, -0.2) is 14.7 Å². The van der Waals surface area contributed by atoms with E-state index in [2.05, 4.69) is 21.2 Å². The normalized spacial score (nSPS) is 11.5. The summed E-state index contributed by atoms with van der Waals surface area (Å²) >= 11 is 0. The van der Waals surface area contributed by atoms with Gasteiger partial charge in [-0.15, -0.1) is 0 Å². The molecule has 0 saturated carbocycles. The van der Waals surface area contributed by atoms with Crippen LogP contribution in [0, 0.1) is 0 Å². The molecule has 10 heteroatoms. The van der Waals surface area contributed by atoms with E-state index in [4.69, 9.17) is 18.2 Å². The Morgan fingerprint density at radius 2 is 1.57 bits per heavy atom. The fraction of sp³-hybridized carbons (Fsp3) is 0.727. The zero-order valence-electron chi connectivity index (χ0n) is 13.0. The highest BCUT2D eigenvalue weighted by molar-refractivity contribution is 6.52. The monoisotopic (exact) mass is 325 g/mol. The summed E-state index contributed by atoms with van der Waals surface area (Å²) < 4.78 is 19.9. The Labute approximate surface area is 125 Å². The van der Waals surface area contributed by atoms with E-state index < -0.39 is 9.05 Å². The Morgan fingerprint density at radius 3 is 1.95 bits per heavy atom. The molecule has 0 unspecified atom stereocenters. The van der Waals surface area contributed by atoms with Crippen molar-refractivity contribution in [3.63, 3.8) is 0 Å². The molecule has 0 bridgehead atoms. The van der Waals surface area contributed by atoms with Crippen molar-refractivity contribution in [3.8, 4) is 0 Å². The van der Waals surface area contributed by atoms with Crippen LogP contribution in [0.25, 0.3) is 0 Å². The van der Waals surface area contributed by atoms with Crippen LogP contribution in [0.5, 0.6) is 0 Å². The molecule has 9 nitrogen and oxygen atoms in total. The van der Waals surface area contributed by atoms with Crippen LogP contribution >= 0.6 is 0 Å². The van der Waals surface area contributed by atoms with E-state index >= 15 is 0 Å². The van der Waals surface area contributed by atoms with Crippen LogP contribution in [0.2, 0.25) is 0 Å². The van der Waals surface area contributed by atoms with Gasteiger partial charge in [0.2, 0.25) is 5.91 Å². The summed E-state index contributed by atoms with van der Waals surface area (Å²) in [5, 5.41) is 0. The van der Waals surface area contributed by atoms with Gasteiger partial charge in [-0.3, -0.25) is 4.79 Å². The quantitative estimate of drug-likeness (QED) is 0.169. The van der Waals surface area contributed by atoms with Gasteiger partial charge in [0.05, 0.1) is 21.3 Å². The van der Waals surface area contributed by atoms with Gasteiger partial charge in [-0.2, -0.15) is 13.7 Å². The topological polar surface area (TPSA) is 84.9 Å². The van der Waals surface area contributed by atoms with E-state index in [1.54, 1.807) is 14.0 Å². The highest BCUT2D eigenvalue weighted by Crippen LogP contribution is 2.13. The second-order valence-corrected chi connectivity index (χ2v) is 5.75. The minimum absolute atomic E-state index is 0.132. The lowest BCUT2D eigenvalue weighted by Gasteiger charge is -2.23. The van der Waals surface area contributed by atoms with Crippen LogP contribution < -0.4 is 0 Å². The first-order valence-corrected chi connectivity index (χ1v) is 7.76. The Kier molecular flexibility index (Phi) is 10.4. The van der Waals surface area contributed by atoms with Crippen LogP contribution in [0.15, 0.2) is 12.2 Å². The minimum Gasteiger partial charge on any atom is -0.347 e. The SMILES string of the molecule is C=C(C)C(=O)N(C)CCCO[Si](OOC)(OOC)OOC. The van der Waals surface area contributed by atoms with Gasteiger partial charge < -0.3 is 9.33 Å². The summed E-state index contributed by atoms with van der Waals surface area (Å²) in [6.45, 7) is 5.88. The molecule has 124 valence electrons. The van der Waals surface area contributed by atoms with E-state index in [0.717, 1.165) is 0 Å². The Morgan fingerprint density at radius 1 is 1.10 bits per heavy atom. The first kappa shape index (κ1) is 20.1. The average Bonchev–Trinajstić information content (AvgIpc) is 2.43. The number of carbonyl (C=O) groups is 1. The fourth-order valence-electron chi connectivity index (χ4n) is 1.35. The number of hydrogen-bond donors (Lipinski definition) is 0. The first-order valence-electron chi connectivity index (χ1n) is 6.12. The van der Waals surface area contributed by atoms with Crippen molar-refractivity contribution in [1.29, 1.82) is 0 Å². The van der Waals surface area contributed by atoms with Gasteiger partial charge in [0.25, 0.3) is 0 Å². The van der Waals surface area contributed by atoms with Crippen molar-refractivity contribution in [2.45, 2.75) is 13.3 Å². The van der Waals surface area contributed by atoms with Crippen molar-refractivity contribution < 1.29 is 37.6 Å².